The Kier molecular flexibility index (Phi) is 10.4. The summed E-state index contributed by atoms with van der Waals surface area (Å²) in [7, 11) is 1.93. The normalized spacial score (nSPS) is 10.3. The van der Waals surface area contributed by atoms with Gasteiger partial charge in [0.15, 0.2) is 0 Å². The van der Waals surface area contributed by atoms with Gasteiger partial charge in [-0.15, -0.1) is 13.2 Å². The standard InChI is InChI=1S/C11H4Cl2F3NO2.C3H9N.C2H6/c12-9-6-3-5(19-11(14,15)16)1-2-8(6)17-4-7(9)10(13)18;1-3-4-2;1-2/h1-4H;4H,3H2,1-2H3;1-2H3. The van der Waals surface area contributed by atoms with Gasteiger partial charge in [-0.3, -0.25) is 9.78 Å². The molecule has 0 bridgehead atoms. The van der Waals surface area contributed by atoms with Crippen LogP contribution in [-0.4, -0.2) is 30.2 Å². The van der Waals surface area contributed by atoms with E-state index in [-0.39, 0.29) is 16.0 Å². The fourth-order valence-corrected chi connectivity index (χ4v) is 1.95. The number of fused-ring (bicyclic) bond motifs is 1. The lowest BCUT2D eigenvalue weighted by molar-refractivity contribution is -0.274. The number of benzene rings is 1. The zero-order valence-electron chi connectivity index (χ0n) is 14.2. The fourth-order valence-electron chi connectivity index (χ4n) is 1.47. The third-order valence-corrected chi connectivity index (χ3v) is 3.18. The second-order valence-electron chi connectivity index (χ2n) is 4.19. The lowest BCUT2D eigenvalue weighted by atomic mass is 10.1. The summed E-state index contributed by atoms with van der Waals surface area (Å²) >= 11 is 11.2. The van der Waals surface area contributed by atoms with Gasteiger partial charge in [-0.2, -0.15) is 0 Å². The zero-order valence-corrected chi connectivity index (χ0v) is 15.7. The minimum atomic E-state index is -4.81. The molecular formula is C16H19Cl2F3N2O2. The summed E-state index contributed by atoms with van der Waals surface area (Å²) in [5.74, 6) is -0.456. The van der Waals surface area contributed by atoms with Crippen molar-refractivity contribution in [2.24, 2.45) is 0 Å². The van der Waals surface area contributed by atoms with E-state index in [9.17, 15) is 18.0 Å². The molecule has 2 aromatic rings. The smallest absolute Gasteiger partial charge is 0.406 e. The molecular weight excluding hydrogens is 380 g/mol. The highest BCUT2D eigenvalue weighted by atomic mass is 35.5. The molecule has 1 heterocycles. The maximum Gasteiger partial charge on any atom is 0.573 e. The molecule has 2 rings (SSSR count). The summed E-state index contributed by atoms with van der Waals surface area (Å²) < 4.78 is 40.1. The molecule has 0 aliphatic rings. The number of ether oxygens (including phenoxy) is 1. The van der Waals surface area contributed by atoms with Crippen molar-refractivity contribution in [1.29, 1.82) is 0 Å². The topological polar surface area (TPSA) is 51.2 Å². The number of rotatable bonds is 3. The van der Waals surface area contributed by atoms with E-state index in [1.165, 1.54) is 6.07 Å². The fraction of sp³-hybridized carbons (Fsp3) is 0.375. The van der Waals surface area contributed by atoms with E-state index in [0.29, 0.717) is 5.52 Å². The highest BCUT2D eigenvalue weighted by molar-refractivity contribution is 6.69. The van der Waals surface area contributed by atoms with Crippen LogP contribution in [0.1, 0.15) is 31.1 Å². The van der Waals surface area contributed by atoms with Crippen molar-refractivity contribution in [3.8, 4) is 5.75 Å². The number of nitrogens with zero attached hydrogens (tertiary/aromatic N) is 1. The highest BCUT2D eigenvalue weighted by Gasteiger charge is 2.31. The van der Waals surface area contributed by atoms with Crippen LogP contribution in [-0.2, 0) is 0 Å². The first-order chi connectivity index (χ1) is 11.7. The van der Waals surface area contributed by atoms with Crippen LogP contribution in [0.2, 0.25) is 5.02 Å². The lowest BCUT2D eigenvalue weighted by Crippen LogP contribution is -2.17. The molecule has 1 N–H and O–H groups in total. The molecule has 0 atom stereocenters. The van der Waals surface area contributed by atoms with E-state index in [1.54, 1.807) is 0 Å². The predicted octanol–water partition coefficient (Wildman–Crippen LogP) is 5.42. The Balaban J connectivity index is 0.000000845. The van der Waals surface area contributed by atoms with E-state index in [4.69, 9.17) is 23.2 Å². The van der Waals surface area contributed by atoms with Crippen molar-refractivity contribution in [3.05, 3.63) is 35.0 Å². The van der Waals surface area contributed by atoms with Gasteiger partial charge in [-0.1, -0.05) is 32.4 Å². The quantitative estimate of drug-likeness (QED) is 0.701. The van der Waals surface area contributed by atoms with Crippen molar-refractivity contribution < 1.29 is 22.7 Å². The van der Waals surface area contributed by atoms with Crippen LogP contribution in [0.15, 0.2) is 24.4 Å². The Morgan fingerprint density at radius 1 is 1.32 bits per heavy atom. The number of hydrogen-bond acceptors (Lipinski definition) is 4. The number of hydrogen-bond donors (Lipinski definition) is 1. The molecule has 0 spiro atoms. The van der Waals surface area contributed by atoms with E-state index < -0.39 is 17.4 Å². The third-order valence-electron chi connectivity index (χ3n) is 2.57. The van der Waals surface area contributed by atoms with E-state index >= 15 is 0 Å². The Morgan fingerprint density at radius 2 is 1.88 bits per heavy atom. The van der Waals surface area contributed by atoms with Crippen molar-refractivity contribution in [2.45, 2.75) is 27.1 Å². The molecule has 9 heteroatoms. The summed E-state index contributed by atoms with van der Waals surface area (Å²) in [6.45, 7) is 7.14. The SMILES string of the molecule is CC.CCNC.O=C(Cl)c1cnc2ccc(OC(F)(F)F)cc2c1Cl. The molecule has 0 saturated heterocycles. The molecule has 4 nitrogen and oxygen atoms in total. The van der Waals surface area contributed by atoms with Crippen LogP contribution < -0.4 is 10.1 Å². The number of halogens is 5. The molecule has 0 aliphatic carbocycles. The van der Waals surface area contributed by atoms with Gasteiger partial charge in [-0.05, 0) is 43.4 Å². The molecule has 0 radical (unpaired) electrons. The van der Waals surface area contributed by atoms with Crippen molar-refractivity contribution >= 4 is 39.3 Å². The maximum atomic E-state index is 12.1. The van der Waals surface area contributed by atoms with Gasteiger partial charge in [-0.25, -0.2) is 0 Å². The van der Waals surface area contributed by atoms with Gasteiger partial charge in [0.2, 0.25) is 0 Å². The second kappa shape index (κ2) is 11.1. The van der Waals surface area contributed by atoms with Crippen molar-refractivity contribution in [1.82, 2.24) is 10.3 Å². The lowest BCUT2D eigenvalue weighted by Gasteiger charge is -2.10. The van der Waals surface area contributed by atoms with E-state index in [2.05, 4.69) is 22.0 Å². The number of alkyl halides is 3. The first-order valence-electron chi connectivity index (χ1n) is 7.38. The van der Waals surface area contributed by atoms with Gasteiger partial charge < -0.3 is 10.1 Å². The van der Waals surface area contributed by atoms with Crippen LogP contribution in [0, 0.1) is 0 Å². The third kappa shape index (κ3) is 7.90. The number of carbonyl (C=O) groups is 1. The summed E-state index contributed by atoms with van der Waals surface area (Å²) in [5.41, 5.74) is 0.237. The predicted molar refractivity (Wildman–Crippen MR) is 94.6 cm³/mol. The molecule has 140 valence electrons. The summed E-state index contributed by atoms with van der Waals surface area (Å²) in [4.78, 5) is 14.9. The molecule has 1 aromatic carbocycles. The van der Waals surface area contributed by atoms with Crippen LogP contribution in [0.25, 0.3) is 10.9 Å². The summed E-state index contributed by atoms with van der Waals surface area (Å²) in [6.07, 6.45) is -3.65. The number of pyridine rings is 1. The Morgan fingerprint density at radius 3 is 2.32 bits per heavy atom. The van der Waals surface area contributed by atoms with Crippen LogP contribution in [0.4, 0.5) is 13.2 Å². The van der Waals surface area contributed by atoms with Gasteiger partial charge >= 0.3 is 6.36 Å². The first-order valence-corrected chi connectivity index (χ1v) is 8.13. The van der Waals surface area contributed by atoms with Crippen molar-refractivity contribution in [2.75, 3.05) is 13.6 Å². The average Bonchev–Trinajstić information content (AvgIpc) is 2.56. The molecule has 25 heavy (non-hydrogen) atoms. The van der Waals surface area contributed by atoms with Crippen LogP contribution >= 0.6 is 23.2 Å². The highest BCUT2D eigenvalue weighted by Crippen LogP contribution is 2.31. The Bertz CT molecular complexity index is 693. The molecule has 0 unspecified atom stereocenters. The number of nitrogens with one attached hydrogen (secondary N) is 1. The van der Waals surface area contributed by atoms with Gasteiger partial charge in [0.1, 0.15) is 5.75 Å². The molecule has 0 amide bonds. The zero-order chi connectivity index (χ0) is 19.6. The Hall–Kier alpha value is -1.57. The molecule has 1 aromatic heterocycles. The Labute approximate surface area is 154 Å². The first kappa shape index (κ1) is 23.4. The summed E-state index contributed by atoms with van der Waals surface area (Å²) in [6, 6.07) is 3.44. The van der Waals surface area contributed by atoms with Gasteiger partial charge in [0.05, 0.1) is 16.1 Å². The van der Waals surface area contributed by atoms with Gasteiger partial charge in [0, 0.05) is 11.6 Å². The number of carbonyl (C=O) groups excluding carboxylic acids is 1. The molecule has 0 aliphatic heterocycles. The number of aromatic nitrogens is 1. The maximum absolute atomic E-state index is 12.1. The van der Waals surface area contributed by atoms with Gasteiger partial charge in [0.25, 0.3) is 5.24 Å². The minimum absolute atomic E-state index is 0.0716. The average molecular weight is 399 g/mol. The summed E-state index contributed by atoms with van der Waals surface area (Å²) in [5, 5.41) is 2.16. The van der Waals surface area contributed by atoms with Crippen LogP contribution in [0.5, 0.6) is 5.75 Å². The monoisotopic (exact) mass is 398 g/mol. The van der Waals surface area contributed by atoms with Crippen molar-refractivity contribution in [3.63, 3.8) is 0 Å². The van der Waals surface area contributed by atoms with E-state index in [1.807, 2.05) is 20.9 Å². The minimum Gasteiger partial charge on any atom is -0.406 e. The molecule has 0 fully saturated rings. The molecule has 0 saturated carbocycles. The van der Waals surface area contributed by atoms with Crippen LogP contribution in [0.3, 0.4) is 0 Å². The van der Waals surface area contributed by atoms with E-state index in [0.717, 1.165) is 24.9 Å². The largest absolute Gasteiger partial charge is 0.573 e. The second-order valence-corrected chi connectivity index (χ2v) is 4.91.